The molecule has 0 atom stereocenters. The summed E-state index contributed by atoms with van der Waals surface area (Å²) in [4.78, 5) is 29.8. The summed E-state index contributed by atoms with van der Waals surface area (Å²) in [5.41, 5.74) is 2.90. The minimum atomic E-state index is -0.629. The number of rotatable bonds is 5. The Morgan fingerprint density at radius 2 is 2.10 bits per heavy atom. The smallest absolute Gasteiger partial charge is 0.338 e. The Kier molecular flexibility index (Phi) is 5.13. The van der Waals surface area contributed by atoms with Crippen molar-refractivity contribution in [2.75, 3.05) is 31.2 Å². The largest absolute Gasteiger partial charge is 0.456 e. The second-order valence-electron chi connectivity index (χ2n) is 6.79. The van der Waals surface area contributed by atoms with Crippen molar-refractivity contribution in [3.8, 4) is 0 Å². The van der Waals surface area contributed by atoms with Gasteiger partial charge >= 0.3 is 5.97 Å². The Morgan fingerprint density at radius 3 is 2.83 bits per heavy atom. The molecule has 1 aliphatic heterocycles. The van der Waals surface area contributed by atoms with Crippen molar-refractivity contribution in [1.82, 2.24) is 9.38 Å². The van der Waals surface area contributed by atoms with E-state index in [1.807, 2.05) is 34.6 Å². The van der Waals surface area contributed by atoms with Gasteiger partial charge in [0.2, 0.25) is 0 Å². The summed E-state index contributed by atoms with van der Waals surface area (Å²) in [5, 5.41) is 11.5. The number of aryl methyl sites for hydroxylation is 1. The van der Waals surface area contributed by atoms with Crippen LogP contribution in [0.3, 0.4) is 0 Å². The highest BCUT2D eigenvalue weighted by Crippen LogP contribution is 2.30. The standard InChI is InChI=1S/C20H20N4O5/c1-14-3-2-6-23-12-16(21-19(14)23)13-29-20(25)15-4-5-17(18(11-15)24(26)27)22-7-9-28-10-8-22/h2-6,11-12H,7-10,13H2,1H3. The van der Waals surface area contributed by atoms with Gasteiger partial charge in [0.05, 0.1) is 29.4 Å². The van der Waals surface area contributed by atoms with Crippen LogP contribution in [0.5, 0.6) is 0 Å². The fourth-order valence-corrected chi connectivity index (χ4v) is 3.37. The number of carbonyl (C=O) groups excluding carboxylic acids is 1. The maximum atomic E-state index is 12.4. The zero-order valence-corrected chi connectivity index (χ0v) is 15.9. The van der Waals surface area contributed by atoms with Crippen LogP contribution in [0.4, 0.5) is 11.4 Å². The van der Waals surface area contributed by atoms with Gasteiger partial charge in [0.15, 0.2) is 0 Å². The monoisotopic (exact) mass is 396 g/mol. The first kappa shape index (κ1) is 18.9. The third kappa shape index (κ3) is 3.90. The molecule has 1 fully saturated rings. The number of carbonyl (C=O) groups is 1. The van der Waals surface area contributed by atoms with E-state index in [4.69, 9.17) is 9.47 Å². The molecule has 0 bridgehead atoms. The van der Waals surface area contributed by atoms with E-state index in [-0.39, 0.29) is 17.9 Å². The number of anilines is 1. The van der Waals surface area contributed by atoms with E-state index in [0.717, 1.165) is 11.2 Å². The van der Waals surface area contributed by atoms with Crippen molar-refractivity contribution in [2.45, 2.75) is 13.5 Å². The lowest BCUT2D eigenvalue weighted by molar-refractivity contribution is -0.384. The highest BCUT2D eigenvalue weighted by molar-refractivity contribution is 5.91. The molecule has 0 spiro atoms. The van der Waals surface area contributed by atoms with Crippen molar-refractivity contribution in [3.63, 3.8) is 0 Å². The number of nitro groups is 1. The number of benzene rings is 1. The number of ether oxygens (including phenoxy) is 2. The van der Waals surface area contributed by atoms with E-state index in [9.17, 15) is 14.9 Å². The highest BCUT2D eigenvalue weighted by Gasteiger charge is 2.24. The first-order valence-corrected chi connectivity index (χ1v) is 9.24. The van der Waals surface area contributed by atoms with Crippen LogP contribution in [0.25, 0.3) is 5.65 Å². The number of nitrogens with zero attached hydrogens (tertiary/aromatic N) is 4. The summed E-state index contributed by atoms with van der Waals surface area (Å²) in [5.74, 6) is -0.629. The van der Waals surface area contributed by atoms with Crippen LogP contribution >= 0.6 is 0 Å². The SMILES string of the molecule is Cc1cccn2cc(COC(=O)c3ccc(N4CCOCC4)c([N+](=O)[O-])c3)nc12. The predicted octanol–water partition coefficient (Wildman–Crippen LogP) is 2.74. The van der Waals surface area contributed by atoms with E-state index in [1.165, 1.54) is 6.07 Å². The molecule has 0 unspecified atom stereocenters. The van der Waals surface area contributed by atoms with Crippen LogP contribution in [-0.4, -0.2) is 46.6 Å². The maximum Gasteiger partial charge on any atom is 0.338 e. The van der Waals surface area contributed by atoms with Crippen molar-refractivity contribution >= 4 is 23.0 Å². The molecule has 1 aliphatic rings. The molecule has 0 N–H and O–H groups in total. The molecule has 150 valence electrons. The van der Waals surface area contributed by atoms with Crippen molar-refractivity contribution in [2.24, 2.45) is 0 Å². The van der Waals surface area contributed by atoms with Crippen LogP contribution in [0, 0.1) is 17.0 Å². The van der Waals surface area contributed by atoms with Crippen LogP contribution in [0.2, 0.25) is 0 Å². The van der Waals surface area contributed by atoms with Gasteiger partial charge in [-0.05, 0) is 30.7 Å². The molecule has 2 aromatic heterocycles. The number of morpholine rings is 1. The van der Waals surface area contributed by atoms with E-state index < -0.39 is 10.9 Å². The molecule has 1 aromatic carbocycles. The average molecular weight is 396 g/mol. The number of fused-ring (bicyclic) bond motifs is 1. The number of aromatic nitrogens is 2. The lowest BCUT2D eigenvalue weighted by atomic mass is 10.1. The first-order chi connectivity index (χ1) is 14.0. The summed E-state index contributed by atoms with van der Waals surface area (Å²) < 4.78 is 12.5. The van der Waals surface area contributed by atoms with Gasteiger partial charge in [-0.1, -0.05) is 6.07 Å². The van der Waals surface area contributed by atoms with Crippen molar-refractivity contribution in [3.05, 3.63) is 69.7 Å². The Morgan fingerprint density at radius 1 is 1.31 bits per heavy atom. The summed E-state index contributed by atoms with van der Waals surface area (Å²) in [6, 6.07) is 8.27. The van der Waals surface area contributed by atoms with Gasteiger partial charge in [0, 0.05) is 31.5 Å². The number of nitro benzene ring substituents is 1. The topological polar surface area (TPSA) is 99.2 Å². The minimum absolute atomic E-state index is 0.0149. The maximum absolute atomic E-state index is 12.4. The summed E-state index contributed by atoms with van der Waals surface area (Å²) >= 11 is 0. The van der Waals surface area contributed by atoms with Crippen LogP contribution in [0.1, 0.15) is 21.6 Å². The molecular weight excluding hydrogens is 376 g/mol. The van der Waals surface area contributed by atoms with Gasteiger partial charge in [-0.3, -0.25) is 10.1 Å². The number of imidazole rings is 1. The van der Waals surface area contributed by atoms with Gasteiger partial charge in [-0.25, -0.2) is 9.78 Å². The molecule has 1 saturated heterocycles. The van der Waals surface area contributed by atoms with Gasteiger partial charge in [-0.15, -0.1) is 0 Å². The second-order valence-corrected chi connectivity index (χ2v) is 6.79. The predicted molar refractivity (Wildman–Crippen MR) is 105 cm³/mol. The zero-order chi connectivity index (χ0) is 20.4. The molecule has 9 heteroatoms. The molecular formula is C20H20N4O5. The van der Waals surface area contributed by atoms with Gasteiger partial charge in [0.25, 0.3) is 5.69 Å². The van der Waals surface area contributed by atoms with Gasteiger partial charge in [-0.2, -0.15) is 0 Å². The van der Waals surface area contributed by atoms with Crippen LogP contribution in [-0.2, 0) is 16.1 Å². The number of hydrogen-bond acceptors (Lipinski definition) is 7. The fraction of sp³-hybridized carbons (Fsp3) is 0.300. The lowest BCUT2D eigenvalue weighted by Crippen LogP contribution is -2.36. The molecule has 0 amide bonds. The van der Waals surface area contributed by atoms with E-state index in [0.29, 0.717) is 37.7 Å². The first-order valence-electron chi connectivity index (χ1n) is 9.24. The molecule has 29 heavy (non-hydrogen) atoms. The Balaban J connectivity index is 1.51. The van der Waals surface area contributed by atoms with E-state index in [1.54, 1.807) is 18.3 Å². The quantitative estimate of drug-likeness (QED) is 0.371. The molecule has 3 aromatic rings. The second kappa shape index (κ2) is 7.88. The van der Waals surface area contributed by atoms with E-state index >= 15 is 0 Å². The molecule has 4 rings (SSSR count). The van der Waals surface area contributed by atoms with Crippen molar-refractivity contribution < 1.29 is 19.2 Å². The Hall–Kier alpha value is -3.46. The van der Waals surface area contributed by atoms with E-state index in [2.05, 4.69) is 4.98 Å². The molecule has 0 saturated carbocycles. The Bertz CT molecular complexity index is 1070. The molecule has 9 nitrogen and oxygen atoms in total. The third-order valence-electron chi connectivity index (χ3n) is 4.84. The summed E-state index contributed by atoms with van der Waals surface area (Å²) in [6.07, 6.45) is 3.66. The van der Waals surface area contributed by atoms with Crippen LogP contribution in [0.15, 0.2) is 42.7 Å². The van der Waals surface area contributed by atoms with Crippen LogP contribution < -0.4 is 4.90 Å². The lowest BCUT2D eigenvalue weighted by Gasteiger charge is -2.28. The normalized spacial score (nSPS) is 14.2. The number of esters is 1. The number of pyridine rings is 1. The Labute approximate surface area is 166 Å². The third-order valence-corrected chi connectivity index (χ3v) is 4.84. The molecule has 3 heterocycles. The molecule has 0 aliphatic carbocycles. The van der Waals surface area contributed by atoms with Crippen molar-refractivity contribution in [1.29, 1.82) is 0 Å². The summed E-state index contributed by atoms with van der Waals surface area (Å²) in [7, 11) is 0. The number of hydrogen-bond donors (Lipinski definition) is 0. The molecule has 0 radical (unpaired) electrons. The average Bonchev–Trinajstić information content (AvgIpc) is 3.17. The fourth-order valence-electron chi connectivity index (χ4n) is 3.37. The highest BCUT2D eigenvalue weighted by atomic mass is 16.6. The zero-order valence-electron chi connectivity index (χ0n) is 15.9. The van der Waals surface area contributed by atoms with Gasteiger partial charge in [0.1, 0.15) is 17.9 Å². The minimum Gasteiger partial charge on any atom is -0.456 e. The summed E-state index contributed by atoms with van der Waals surface area (Å²) in [6.45, 7) is 4.10. The van der Waals surface area contributed by atoms with Gasteiger partial charge < -0.3 is 18.8 Å².